The van der Waals surface area contributed by atoms with Gasteiger partial charge in [0.2, 0.25) is 0 Å². The maximum absolute atomic E-state index is 10.2. The summed E-state index contributed by atoms with van der Waals surface area (Å²) in [5.74, 6) is 1.27. The maximum atomic E-state index is 10.2. The molecular formula is C11H23NO. The molecule has 13 heavy (non-hydrogen) atoms. The van der Waals surface area contributed by atoms with Crippen LogP contribution >= 0.6 is 0 Å². The second-order valence-corrected chi connectivity index (χ2v) is 4.07. The van der Waals surface area contributed by atoms with Gasteiger partial charge in [0.1, 0.15) is 0 Å². The number of nitrogens with zero attached hydrogens (tertiary/aromatic N) is 1. The lowest BCUT2D eigenvalue weighted by molar-refractivity contribution is 0.362. The Morgan fingerprint density at radius 2 is 2.00 bits per heavy atom. The van der Waals surface area contributed by atoms with Gasteiger partial charge in [-0.3, -0.25) is 0 Å². The fourth-order valence-electron chi connectivity index (χ4n) is 1.62. The average molecular weight is 185 g/mol. The van der Waals surface area contributed by atoms with Crippen molar-refractivity contribution in [2.24, 2.45) is 17.0 Å². The highest BCUT2D eigenvalue weighted by Crippen LogP contribution is 2.20. The first-order valence-corrected chi connectivity index (χ1v) is 5.53. The smallest absolute Gasteiger partial charge is 0.0839 e. The number of rotatable bonds is 8. The molecule has 2 nitrogen and oxygen atoms in total. The molecule has 0 aliphatic rings. The van der Waals surface area contributed by atoms with Crippen LogP contribution in [-0.4, -0.2) is 6.54 Å². The fraction of sp³-hybridized carbons (Fsp3) is 1.00. The summed E-state index contributed by atoms with van der Waals surface area (Å²) < 4.78 is 0. The van der Waals surface area contributed by atoms with Gasteiger partial charge in [-0.2, -0.15) is 4.91 Å². The summed E-state index contributed by atoms with van der Waals surface area (Å²) in [6.07, 6.45) is 6.00. The zero-order valence-electron chi connectivity index (χ0n) is 9.25. The molecule has 0 aliphatic carbocycles. The van der Waals surface area contributed by atoms with Crippen molar-refractivity contribution in [3.05, 3.63) is 4.91 Å². The molecule has 2 atom stereocenters. The lowest BCUT2D eigenvalue weighted by atomic mass is 9.90. The Morgan fingerprint density at radius 3 is 2.46 bits per heavy atom. The Hall–Kier alpha value is -0.400. The van der Waals surface area contributed by atoms with Gasteiger partial charge in [-0.05, 0) is 24.7 Å². The molecule has 0 N–H and O–H groups in total. The van der Waals surface area contributed by atoms with Gasteiger partial charge in [0.05, 0.1) is 6.54 Å². The van der Waals surface area contributed by atoms with Crippen molar-refractivity contribution in [1.82, 2.24) is 0 Å². The Balaban J connectivity index is 3.71. The van der Waals surface area contributed by atoms with Crippen LogP contribution in [0, 0.1) is 16.7 Å². The molecule has 0 rings (SSSR count). The van der Waals surface area contributed by atoms with Crippen molar-refractivity contribution in [2.75, 3.05) is 6.54 Å². The van der Waals surface area contributed by atoms with Crippen LogP contribution in [0.3, 0.4) is 0 Å². The summed E-state index contributed by atoms with van der Waals surface area (Å²) in [7, 11) is 0. The average Bonchev–Trinajstić information content (AvgIpc) is 2.14. The Bertz CT molecular complexity index is 125. The molecular weight excluding hydrogens is 162 g/mol. The molecule has 0 saturated carbocycles. The SMILES string of the molecule is CCCCC(CN=O)CC(C)CC. The van der Waals surface area contributed by atoms with Gasteiger partial charge in [0.25, 0.3) is 0 Å². The number of nitroso groups, excluding NO2 is 1. The summed E-state index contributed by atoms with van der Waals surface area (Å²) in [6, 6.07) is 0. The molecule has 0 amide bonds. The molecule has 0 aromatic heterocycles. The molecule has 0 aromatic rings. The third kappa shape index (κ3) is 6.73. The molecule has 0 radical (unpaired) electrons. The van der Waals surface area contributed by atoms with Crippen LogP contribution in [0.25, 0.3) is 0 Å². The van der Waals surface area contributed by atoms with E-state index in [4.69, 9.17) is 0 Å². The van der Waals surface area contributed by atoms with Crippen molar-refractivity contribution in [3.63, 3.8) is 0 Å². The van der Waals surface area contributed by atoms with Crippen molar-refractivity contribution < 1.29 is 0 Å². The van der Waals surface area contributed by atoms with Crippen molar-refractivity contribution in [2.45, 2.75) is 52.9 Å². The van der Waals surface area contributed by atoms with Gasteiger partial charge in [-0.15, -0.1) is 0 Å². The Kier molecular flexibility index (Phi) is 7.96. The minimum Gasteiger partial charge on any atom is -0.151 e. The van der Waals surface area contributed by atoms with Crippen LogP contribution in [0.2, 0.25) is 0 Å². The fourth-order valence-corrected chi connectivity index (χ4v) is 1.62. The van der Waals surface area contributed by atoms with E-state index in [9.17, 15) is 4.91 Å². The molecule has 0 aromatic carbocycles. The third-order valence-corrected chi connectivity index (χ3v) is 2.73. The van der Waals surface area contributed by atoms with Crippen molar-refractivity contribution >= 4 is 0 Å². The topological polar surface area (TPSA) is 29.4 Å². The Labute approximate surface area is 82.1 Å². The number of hydrogen-bond acceptors (Lipinski definition) is 2. The first-order valence-electron chi connectivity index (χ1n) is 5.53. The second kappa shape index (κ2) is 8.21. The highest BCUT2D eigenvalue weighted by atomic mass is 16.3. The van der Waals surface area contributed by atoms with E-state index in [2.05, 4.69) is 25.9 Å². The zero-order valence-corrected chi connectivity index (χ0v) is 9.25. The number of unbranched alkanes of at least 4 members (excludes halogenated alkanes) is 1. The lowest BCUT2D eigenvalue weighted by Crippen LogP contribution is -2.09. The van der Waals surface area contributed by atoms with E-state index in [0.29, 0.717) is 12.5 Å². The van der Waals surface area contributed by atoms with Gasteiger partial charge >= 0.3 is 0 Å². The van der Waals surface area contributed by atoms with E-state index < -0.39 is 0 Å². The third-order valence-electron chi connectivity index (χ3n) is 2.73. The summed E-state index contributed by atoms with van der Waals surface area (Å²) in [5, 5.41) is 3.03. The predicted molar refractivity (Wildman–Crippen MR) is 57.7 cm³/mol. The van der Waals surface area contributed by atoms with Gasteiger partial charge in [0.15, 0.2) is 0 Å². The predicted octanol–water partition coefficient (Wildman–Crippen LogP) is 4.00. The van der Waals surface area contributed by atoms with E-state index in [-0.39, 0.29) is 0 Å². The summed E-state index contributed by atoms with van der Waals surface area (Å²) >= 11 is 0. The summed E-state index contributed by atoms with van der Waals surface area (Å²) in [4.78, 5) is 10.2. The lowest BCUT2D eigenvalue weighted by Gasteiger charge is -2.16. The van der Waals surface area contributed by atoms with Crippen LogP contribution in [-0.2, 0) is 0 Å². The summed E-state index contributed by atoms with van der Waals surface area (Å²) in [5.41, 5.74) is 0. The molecule has 2 heteroatoms. The molecule has 78 valence electrons. The van der Waals surface area contributed by atoms with E-state index in [1.807, 2.05) is 0 Å². The van der Waals surface area contributed by atoms with Gasteiger partial charge in [0, 0.05) is 0 Å². The maximum Gasteiger partial charge on any atom is 0.0839 e. The van der Waals surface area contributed by atoms with E-state index >= 15 is 0 Å². The van der Waals surface area contributed by atoms with Crippen molar-refractivity contribution in [3.8, 4) is 0 Å². The van der Waals surface area contributed by atoms with E-state index in [1.54, 1.807) is 0 Å². The van der Waals surface area contributed by atoms with E-state index in [1.165, 1.54) is 32.1 Å². The summed E-state index contributed by atoms with van der Waals surface area (Å²) in [6.45, 7) is 7.17. The molecule has 2 unspecified atom stereocenters. The van der Waals surface area contributed by atoms with Crippen molar-refractivity contribution in [1.29, 1.82) is 0 Å². The second-order valence-electron chi connectivity index (χ2n) is 4.07. The quantitative estimate of drug-likeness (QED) is 0.526. The standard InChI is InChI=1S/C11H23NO/c1-4-6-7-11(9-12-13)8-10(3)5-2/h10-11H,4-9H2,1-3H3. The van der Waals surface area contributed by atoms with Gasteiger partial charge < -0.3 is 0 Å². The van der Waals surface area contributed by atoms with Crippen LogP contribution in [0.15, 0.2) is 5.18 Å². The zero-order chi connectivity index (χ0) is 10.1. The molecule has 0 aliphatic heterocycles. The van der Waals surface area contributed by atoms with E-state index in [0.717, 1.165) is 5.92 Å². The molecule has 0 fully saturated rings. The minimum absolute atomic E-state index is 0.518. The molecule has 0 heterocycles. The monoisotopic (exact) mass is 185 g/mol. The van der Waals surface area contributed by atoms with Crippen LogP contribution in [0.1, 0.15) is 52.9 Å². The van der Waals surface area contributed by atoms with Crippen LogP contribution in [0.4, 0.5) is 0 Å². The normalized spacial score (nSPS) is 15.3. The van der Waals surface area contributed by atoms with Gasteiger partial charge in [-0.25, -0.2) is 0 Å². The van der Waals surface area contributed by atoms with Crippen LogP contribution in [0.5, 0.6) is 0 Å². The Morgan fingerprint density at radius 1 is 1.31 bits per heavy atom. The molecule has 0 spiro atoms. The molecule has 0 saturated heterocycles. The highest BCUT2D eigenvalue weighted by Gasteiger charge is 2.11. The highest BCUT2D eigenvalue weighted by molar-refractivity contribution is 4.65. The first kappa shape index (κ1) is 12.6. The first-order chi connectivity index (χ1) is 6.24. The largest absolute Gasteiger partial charge is 0.151 e. The minimum atomic E-state index is 0.518. The van der Waals surface area contributed by atoms with Crippen LogP contribution < -0.4 is 0 Å². The van der Waals surface area contributed by atoms with Gasteiger partial charge in [-0.1, -0.05) is 45.2 Å². The number of hydrogen-bond donors (Lipinski definition) is 0. The molecule has 0 bridgehead atoms.